The molecule has 0 amide bonds. The third-order valence-corrected chi connectivity index (χ3v) is 6.00. The lowest BCUT2D eigenvalue weighted by Gasteiger charge is -2.38. The van der Waals surface area contributed by atoms with Crippen LogP contribution in [0.4, 0.5) is 5.69 Å². The molecule has 3 nitrogen and oxygen atoms in total. The predicted molar refractivity (Wildman–Crippen MR) is 109 cm³/mol. The minimum Gasteiger partial charge on any atom is -0.347 e. The molecule has 0 saturated heterocycles. The van der Waals surface area contributed by atoms with Gasteiger partial charge in [0.15, 0.2) is 5.11 Å². The summed E-state index contributed by atoms with van der Waals surface area (Å²) in [5.74, 6) is 0. The van der Waals surface area contributed by atoms with Gasteiger partial charge in [-0.3, -0.25) is 0 Å². The number of nitrogens with zero attached hydrogens (tertiary/aromatic N) is 2. The summed E-state index contributed by atoms with van der Waals surface area (Å²) in [5, 5.41) is 6.40. The van der Waals surface area contributed by atoms with E-state index < -0.39 is 0 Å². The van der Waals surface area contributed by atoms with E-state index in [4.69, 9.17) is 12.2 Å². The van der Waals surface area contributed by atoms with Crippen LogP contribution in [0.5, 0.6) is 0 Å². The molecule has 0 radical (unpaired) electrons. The SMILES string of the molecule is Cc1ccc(NC(=S)N2CCn3cccc3C2c2cccs2)c(C)c1. The Balaban J connectivity index is 1.65. The summed E-state index contributed by atoms with van der Waals surface area (Å²) in [6, 6.07) is 15.2. The summed E-state index contributed by atoms with van der Waals surface area (Å²) < 4.78 is 2.33. The first kappa shape index (κ1) is 16.4. The molecule has 128 valence electrons. The molecule has 2 aromatic heterocycles. The summed E-state index contributed by atoms with van der Waals surface area (Å²) in [6.45, 7) is 6.09. The standard InChI is InChI=1S/C20H21N3S2/c1-14-7-8-16(15(2)13-14)21-20(24)23-11-10-22-9-3-5-17(22)19(23)18-6-4-12-25-18/h3-9,12-13,19H,10-11H2,1-2H3,(H,21,24). The molecule has 0 fully saturated rings. The molecule has 5 heteroatoms. The molecule has 25 heavy (non-hydrogen) atoms. The first-order valence-corrected chi connectivity index (χ1v) is 9.75. The Kier molecular flexibility index (Phi) is 4.36. The van der Waals surface area contributed by atoms with Crippen molar-refractivity contribution in [1.29, 1.82) is 0 Å². The maximum absolute atomic E-state index is 5.81. The highest BCUT2D eigenvalue weighted by Crippen LogP contribution is 2.35. The normalized spacial score (nSPS) is 16.6. The number of thiophene rings is 1. The van der Waals surface area contributed by atoms with E-state index in [-0.39, 0.29) is 6.04 Å². The number of rotatable bonds is 2. The van der Waals surface area contributed by atoms with E-state index in [0.29, 0.717) is 0 Å². The van der Waals surface area contributed by atoms with Crippen LogP contribution in [-0.2, 0) is 6.54 Å². The number of hydrogen-bond acceptors (Lipinski definition) is 2. The van der Waals surface area contributed by atoms with Crippen LogP contribution in [0.1, 0.15) is 27.7 Å². The molecule has 0 bridgehead atoms. The minimum atomic E-state index is 0.175. The molecular weight excluding hydrogens is 346 g/mol. The van der Waals surface area contributed by atoms with Gasteiger partial charge in [-0.25, -0.2) is 0 Å². The number of fused-ring (bicyclic) bond motifs is 1. The van der Waals surface area contributed by atoms with E-state index >= 15 is 0 Å². The molecule has 1 unspecified atom stereocenters. The number of aryl methyl sites for hydroxylation is 2. The van der Waals surface area contributed by atoms with Crippen LogP contribution >= 0.6 is 23.6 Å². The zero-order valence-corrected chi connectivity index (χ0v) is 16.0. The third kappa shape index (κ3) is 3.10. The van der Waals surface area contributed by atoms with E-state index in [1.165, 1.54) is 21.7 Å². The summed E-state index contributed by atoms with van der Waals surface area (Å²) >= 11 is 7.60. The van der Waals surface area contributed by atoms with Gasteiger partial charge in [0.25, 0.3) is 0 Å². The smallest absolute Gasteiger partial charge is 0.174 e. The van der Waals surface area contributed by atoms with Gasteiger partial charge in [0.1, 0.15) is 6.04 Å². The third-order valence-electron chi connectivity index (χ3n) is 4.74. The molecule has 1 atom stereocenters. The fraction of sp³-hybridized carbons (Fsp3) is 0.250. The molecule has 3 heterocycles. The van der Waals surface area contributed by atoms with Gasteiger partial charge >= 0.3 is 0 Å². The van der Waals surface area contributed by atoms with Gasteiger partial charge in [0.2, 0.25) is 0 Å². The second kappa shape index (κ2) is 6.65. The number of benzene rings is 1. The Bertz CT molecular complexity index is 896. The summed E-state index contributed by atoms with van der Waals surface area (Å²) in [4.78, 5) is 3.64. The van der Waals surface area contributed by atoms with Crippen molar-refractivity contribution in [3.8, 4) is 0 Å². The number of nitrogens with one attached hydrogen (secondary N) is 1. The quantitative estimate of drug-likeness (QED) is 0.646. The van der Waals surface area contributed by atoms with E-state index in [0.717, 1.165) is 23.9 Å². The molecule has 0 saturated carbocycles. The fourth-order valence-corrected chi connectivity index (χ4v) is 4.64. The van der Waals surface area contributed by atoms with Gasteiger partial charge in [-0.05, 0) is 61.3 Å². The highest BCUT2D eigenvalue weighted by Gasteiger charge is 2.31. The average molecular weight is 368 g/mol. The zero-order valence-electron chi connectivity index (χ0n) is 14.4. The molecule has 1 aliphatic heterocycles. The summed E-state index contributed by atoms with van der Waals surface area (Å²) in [6.07, 6.45) is 2.16. The van der Waals surface area contributed by atoms with Crippen molar-refractivity contribution < 1.29 is 0 Å². The van der Waals surface area contributed by atoms with Crippen molar-refractivity contribution in [1.82, 2.24) is 9.47 Å². The molecular formula is C20H21N3S2. The molecule has 1 aliphatic rings. The monoisotopic (exact) mass is 367 g/mol. The fourth-order valence-electron chi connectivity index (χ4n) is 3.49. The van der Waals surface area contributed by atoms with Gasteiger partial charge < -0.3 is 14.8 Å². The highest BCUT2D eigenvalue weighted by atomic mass is 32.1. The molecule has 1 N–H and O–H groups in total. The number of aromatic nitrogens is 1. The number of thiocarbonyl (C=S) groups is 1. The molecule has 0 aliphatic carbocycles. The molecule has 3 aromatic rings. The van der Waals surface area contributed by atoms with Crippen molar-refractivity contribution in [2.75, 3.05) is 11.9 Å². The summed E-state index contributed by atoms with van der Waals surface area (Å²) in [5.41, 5.74) is 4.87. The Morgan fingerprint density at radius 2 is 2.04 bits per heavy atom. The number of hydrogen-bond donors (Lipinski definition) is 1. The van der Waals surface area contributed by atoms with E-state index in [9.17, 15) is 0 Å². The van der Waals surface area contributed by atoms with Crippen LogP contribution in [0.3, 0.4) is 0 Å². The molecule has 1 aromatic carbocycles. The molecule has 0 spiro atoms. The maximum Gasteiger partial charge on any atom is 0.174 e. The van der Waals surface area contributed by atoms with E-state index in [1.807, 2.05) is 0 Å². The lowest BCUT2D eigenvalue weighted by atomic mass is 10.1. The minimum absolute atomic E-state index is 0.175. The topological polar surface area (TPSA) is 20.2 Å². The average Bonchev–Trinajstić information content (AvgIpc) is 3.27. The van der Waals surface area contributed by atoms with Crippen LogP contribution in [0.25, 0.3) is 0 Å². The van der Waals surface area contributed by atoms with E-state index in [1.54, 1.807) is 11.3 Å². The largest absolute Gasteiger partial charge is 0.347 e. The van der Waals surface area contributed by atoms with Gasteiger partial charge in [-0.2, -0.15) is 0 Å². The van der Waals surface area contributed by atoms with Gasteiger partial charge in [0, 0.05) is 35.5 Å². The zero-order chi connectivity index (χ0) is 17.4. The van der Waals surface area contributed by atoms with E-state index in [2.05, 4.69) is 82.7 Å². The lowest BCUT2D eigenvalue weighted by molar-refractivity contribution is 0.297. The Morgan fingerprint density at radius 3 is 2.80 bits per heavy atom. The highest BCUT2D eigenvalue weighted by molar-refractivity contribution is 7.80. The second-order valence-corrected chi connectivity index (χ2v) is 7.85. The predicted octanol–water partition coefficient (Wildman–Crippen LogP) is 4.97. The van der Waals surface area contributed by atoms with Crippen LogP contribution in [0.2, 0.25) is 0 Å². The Hall–Kier alpha value is -2.11. The van der Waals surface area contributed by atoms with Crippen molar-refractivity contribution in [2.24, 2.45) is 0 Å². The maximum atomic E-state index is 5.81. The van der Waals surface area contributed by atoms with Gasteiger partial charge in [-0.15, -0.1) is 11.3 Å². The second-order valence-electron chi connectivity index (χ2n) is 6.49. The van der Waals surface area contributed by atoms with Crippen molar-refractivity contribution in [3.05, 3.63) is 75.7 Å². The van der Waals surface area contributed by atoms with Crippen LogP contribution in [0, 0.1) is 13.8 Å². The van der Waals surface area contributed by atoms with Gasteiger partial charge in [0.05, 0.1) is 0 Å². The van der Waals surface area contributed by atoms with Crippen LogP contribution in [-0.4, -0.2) is 21.1 Å². The lowest BCUT2D eigenvalue weighted by Crippen LogP contribution is -2.44. The Labute approximate surface area is 157 Å². The Morgan fingerprint density at radius 1 is 1.16 bits per heavy atom. The number of anilines is 1. The first-order chi connectivity index (χ1) is 12.1. The van der Waals surface area contributed by atoms with Crippen molar-refractivity contribution in [3.63, 3.8) is 0 Å². The molecule has 4 rings (SSSR count). The van der Waals surface area contributed by atoms with Crippen LogP contribution < -0.4 is 5.32 Å². The first-order valence-electron chi connectivity index (χ1n) is 8.47. The van der Waals surface area contributed by atoms with Crippen LogP contribution in [0.15, 0.2) is 54.0 Å². The van der Waals surface area contributed by atoms with Crippen molar-refractivity contribution in [2.45, 2.75) is 26.4 Å². The van der Waals surface area contributed by atoms with Gasteiger partial charge in [-0.1, -0.05) is 23.8 Å². The summed E-state index contributed by atoms with van der Waals surface area (Å²) in [7, 11) is 0. The van der Waals surface area contributed by atoms with Crippen molar-refractivity contribution >= 4 is 34.4 Å².